The van der Waals surface area contributed by atoms with Gasteiger partial charge in [0, 0.05) is 27.9 Å². The van der Waals surface area contributed by atoms with Crippen molar-refractivity contribution in [3.05, 3.63) is 103 Å². The van der Waals surface area contributed by atoms with Gasteiger partial charge in [0.1, 0.15) is 11.4 Å². The van der Waals surface area contributed by atoms with Crippen LogP contribution in [0.3, 0.4) is 0 Å². The molecule has 0 bridgehead atoms. The molecule has 0 spiro atoms. The van der Waals surface area contributed by atoms with Gasteiger partial charge in [0.25, 0.3) is 17.5 Å². The van der Waals surface area contributed by atoms with Crippen molar-refractivity contribution >= 4 is 64.1 Å². The first-order valence-corrected chi connectivity index (χ1v) is 10.7. The molecule has 0 saturated carbocycles. The number of hydrogen-bond acceptors (Lipinski definition) is 5. The molecule has 0 saturated heterocycles. The molecular weight excluding hydrogens is 505 g/mol. The molecule has 174 valence electrons. The largest absolute Gasteiger partial charge is 0.497 e. The maximum Gasteiger partial charge on any atom is 0.272 e. The second-order valence-corrected chi connectivity index (χ2v) is 8.10. The quantitative estimate of drug-likeness (QED) is 0.226. The number of hydrogen-bond donors (Lipinski definition) is 2. The minimum absolute atomic E-state index is 0.0889. The molecule has 0 aliphatic carbocycles. The summed E-state index contributed by atoms with van der Waals surface area (Å²) in [5.41, 5.74) is 0.299. The Bertz CT molecular complexity index is 1290. The maximum absolute atomic E-state index is 13.0. The Balaban J connectivity index is 1.97. The molecule has 3 rings (SSSR count). The summed E-state index contributed by atoms with van der Waals surface area (Å²) < 4.78 is 5.08. The van der Waals surface area contributed by atoms with Gasteiger partial charge >= 0.3 is 0 Å². The average molecular weight is 521 g/mol. The van der Waals surface area contributed by atoms with Gasteiger partial charge in [-0.1, -0.05) is 46.9 Å². The Morgan fingerprint density at radius 3 is 2.32 bits per heavy atom. The fraction of sp³-hybridized carbons (Fsp3) is 0.0435. The normalized spacial score (nSPS) is 11.0. The van der Waals surface area contributed by atoms with Gasteiger partial charge in [-0.2, -0.15) is 0 Å². The molecule has 34 heavy (non-hydrogen) atoms. The molecule has 3 aromatic rings. The van der Waals surface area contributed by atoms with E-state index in [1.807, 2.05) is 0 Å². The average Bonchev–Trinajstić information content (AvgIpc) is 2.77. The Morgan fingerprint density at radius 1 is 1.00 bits per heavy atom. The molecule has 2 amide bonds. The second kappa shape index (κ2) is 11.0. The molecule has 3 aromatic carbocycles. The van der Waals surface area contributed by atoms with Crippen LogP contribution >= 0.6 is 34.8 Å². The summed E-state index contributed by atoms with van der Waals surface area (Å²) in [5.74, 6) is -0.948. The fourth-order valence-corrected chi connectivity index (χ4v) is 3.66. The zero-order valence-electron chi connectivity index (χ0n) is 17.5. The van der Waals surface area contributed by atoms with Gasteiger partial charge in [-0.05, 0) is 48.0 Å². The number of nitro benzene ring substituents is 1. The van der Waals surface area contributed by atoms with Crippen molar-refractivity contribution in [3.63, 3.8) is 0 Å². The van der Waals surface area contributed by atoms with E-state index in [-0.39, 0.29) is 27.7 Å². The number of carbonyl (C=O) groups is 2. The van der Waals surface area contributed by atoms with Crippen LogP contribution in [0.1, 0.15) is 15.9 Å². The van der Waals surface area contributed by atoms with E-state index in [1.165, 1.54) is 61.7 Å². The lowest BCUT2D eigenvalue weighted by atomic mass is 10.1. The van der Waals surface area contributed by atoms with E-state index < -0.39 is 16.7 Å². The van der Waals surface area contributed by atoms with Gasteiger partial charge in [0.05, 0.1) is 22.6 Å². The molecule has 0 aliphatic rings. The molecular formula is C23H16Cl3N3O5. The summed E-state index contributed by atoms with van der Waals surface area (Å²) in [6.07, 6.45) is 1.30. The fourth-order valence-electron chi connectivity index (χ4n) is 2.87. The van der Waals surface area contributed by atoms with Crippen molar-refractivity contribution in [1.82, 2.24) is 5.32 Å². The molecule has 0 aliphatic heterocycles. The molecule has 0 heterocycles. The Morgan fingerprint density at radius 2 is 1.71 bits per heavy atom. The number of benzene rings is 3. The Kier molecular flexibility index (Phi) is 8.12. The van der Waals surface area contributed by atoms with Gasteiger partial charge in [0.15, 0.2) is 0 Å². The van der Waals surface area contributed by atoms with Crippen molar-refractivity contribution in [3.8, 4) is 5.75 Å². The highest BCUT2D eigenvalue weighted by Crippen LogP contribution is 2.25. The van der Waals surface area contributed by atoms with Crippen LogP contribution in [0.25, 0.3) is 6.08 Å². The molecule has 0 atom stereocenters. The number of nitro groups is 1. The van der Waals surface area contributed by atoms with Crippen molar-refractivity contribution < 1.29 is 19.2 Å². The number of nitrogens with zero attached hydrogens (tertiary/aromatic N) is 1. The number of methoxy groups -OCH3 is 1. The highest BCUT2D eigenvalue weighted by Gasteiger charge is 2.18. The highest BCUT2D eigenvalue weighted by molar-refractivity contribution is 6.35. The van der Waals surface area contributed by atoms with E-state index in [0.717, 1.165) is 0 Å². The maximum atomic E-state index is 13.0. The number of carbonyl (C=O) groups excluding carboxylic acids is 2. The zero-order chi connectivity index (χ0) is 24.8. The number of nitrogens with one attached hydrogen (secondary N) is 2. The van der Waals surface area contributed by atoms with E-state index in [9.17, 15) is 19.7 Å². The first kappa shape index (κ1) is 25.0. The minimum atomic E-state index is -0.720. The molecule has 0 radical (unpaired) electrons. The van der Waals surface area contributed by atoms with Crippen LogP contribution in [0.4, 0.5) is 11.4 Å². The van der Waals surface area contributed by atoms with Crippen LogP contribution in [0.5, 0.6) is 5.75 Å². The molecule has 0 fully saturated rings. The van der Waals surface area contributed by atoms with E-state index in [1.54, 1.807) is 12.1 Å². The van der Waals surface area contributed by atoms with E-state index in [0.29, 0.717) is 21.4 Å². The lowest BCUT2D eigenvalue weighted by Gasteiger charge is -2.13. The minimum Gasteiger partial charge on any atom is -0.497 e. The first-order chi connectivity index (χ1) is 16.2. The topological polar surface area (TPSA) is 111 Å². The molecule has 0 unspecified atom stereocenters. The monoisotopic (exact) mass is 519 g/mol. The number of halogens is 3. The van der Waals surface area contributed by atoms with Crippen LogP contribution in [-0.2, 0) is 4.79 Å². The summed E-state index contributed by atoms with van der Waals surface area (Å²) in [4.78, 5) is 36.5. The first-order valence-electron chi connectivity index (χ1n) is 9.55. The number of amides is 2. The predicted octanol–water partition coefficient (Wildman–Crippen LogP) is 5.97. The SMILES string of the molecule is COc1ccc(C(=O)NC(=Cc2cccc([N+](=O)[O-])c2)C(=O)Nc2cc(Cl)cc(Cl)c2)c(Cl)c1. The number of rotatable bonds is 7. The van der Waals surface area contributed by atoms with Crippen molar-refractivity contribution in [2.75, 3.05) is 12.4 Å². The summed E-state index contributed by atoms with van der Waals surface area (Å²) >= 11 is 18.2. The lowest BCUT2D eigenvalue weighted by molar-refractivity contribution is -0.384. The van der Waals surface area contributed by atoms with Gasteiger partial charge in [-0.15, -0.1) is 0 Å². The van der Waals surface area contributed by atoms with Crippen LogP contribution in [0.2, 0.25) is 15.1 Å². The summed E-state index contributed by atoms with van der Waals surface area (Å²) in [5, 5.41) is 16.9. The molecule has 8 nitrogen and oxygen atoms in total. The zero-order valence-corrected chi connectivity index (χ0v) is 19.7. The van der Waals surface area contributed by atoms with E-state index >= 15 is 0 Å². The second-order valence-electron chi connectivity index (χ2n) is 6.82. The predicted molar refractivity (Wildman–Crippen MR) is 132 cm³/mol. The van der Waals surface area contributed by atoms with Crippen molar-refractivity contribution in [1.29, 1.82) is 0 Å². The van der Waals surface area contributed by atoms with E-state index in [4.69, 9.17) is 39.5 Å². The third-order valence-electron chi connectivity index (χ3n) is 4.43. The third kappa shape index (κ3) is 6.48. The van der Waals surface area contributed by atoms with Crippen LogP contribution in [-0.4, -0.2) is 23.8 Å². The molecule has 0 aromatic heterocycles. The summed E-state index contributed by atoms with van der Waals surface area (Å²) in [6.45, 7) is 0. The van der Waals surface area contributed by atoms with Gasteiger partial charge in [-0.25, -0.2) is 0 Å². The standard InChI is InChI=1S/C23H16Cl3N3O5/c1-34-18-5-6-19(20(26)12-18)22(30)28-21(8-13-3-2-4-17(7-13)29(32)33)23(31)27-16-10-14(24)9-15(25)11-16/h2-12H,1H3,(H,27,31)(H,28,30). The Labute approximate surface area is 209 Å². The summed E-state index contributed by atoms with van der Waals surface area (Å²) in [6, 6.07) is 14.4. The van der Waals surface area contributed by atoms with Crippen LogP contribution in [0, 0.1) is 10.1 Å². The number of non-ortho nitro benzene ring substituents is 1. The van der Waals surface area contributed by atoms with Crippen molar-refractivity contribution in [2.45, 2.75) is 0 Å². The van der Waals surface area contributed by atoms with Crippen molar-refractivity contribution in [2.24, 2.45) is 0 Å². The third-order valence-corrected chi connectivity index (χ3v) is 5.18. The number of anilines is 1. The lowest BCUT2D eigenvalue weighted by Crippen LogP contribution is -2.31. The van der Waals surface area contributed by atoms with Crippen LogP contribution in [0.15, 0.2) is 66.4 Å². The van der Waals surface area contributed by atoms with Gasteiger partial charge in [-0.3, -0.25) is 19.7 Å². The Hall–Kier alpha value is -3.59. The highest BCUT2D eigenvalue weighted by atomic mass is 35.5. The van der Waals surface area contributed by atoms with E-state index in [2.05, 4.69) is 10.6 Å². The summed E-state index contributed by atoms with van der Waals surface area (Å²) in [7, 11) is 1.46. The number of ether oxygens (including phenoxy) is 1. The van der Waals surface area contributed by atoms with Crippen LogP contribution < -0.4 is 15.4 Å². The smallest absolute Gasteiger partial charge is 0.272 e. The molecule has 2 N–H and O–H groups in total. The molecule has 11 heteroatoms. The van der Waals surface area contributed by atoms with Gasteiger partial charge in [0.2, 0.25) is 0 Å². The van der Waals surface area contributed by atoms with Gasteiger partial charge < -0.3 is 15.4 Å².